The van der Waals surface area contributed by atoms with Crippen LogP contribution in [0.25, 0.3) is 11.3 Å². The van der Waals surface area contributed by atoms with Gasteiger partial charge < -0.3 is 25.4 Å². The van der Waals surface area contributed by atoms with Gasteiger partial charge in [-0.05, 0) is 57.4 Å². The SMILES string of the molecule is CC(C)(C)OC(=O)N1CCN(c2ccc(C([OH2+])=NC(=N)C3(c4ccc(-c5cnc(N)nc5)nc4)CCC3)cn2)CC1. The van der Waals surface area contributed by atoms with Crippen LogP contribution >= 0.6 is 0 Å². The van der Waals surface area contributed by atoms with Crippen molar-refractivity contribution in [3.8, 4) is 11.3 Å². The van der Waals surface area contributed by atoms with Crippen molar-refractivity contribution < 1.29 is 14.6 Å². The zero-order chi connectivity index (χ0) is 29.2. The number of pyridine rings is 2. The monoisotopic (exact) mass is 558 g/mol. The minimum atomic E-state index is -0.559. The first-order chi connectivity index (χ1) is 19.5. The van der Waals surface area contributed by atoms with Gasteiger partial charge in [-0.15, -0.1) is 4.99 Å². The molecule has 5 N–H and O–H groups in total. The lowest BCUT2D eigenvalue weighted by Gasteiger charge is -2.40. The molecule has 214 valence electrons. The number of nitrogens with one attached hydrogen (secondary N) is 1. The van der Waals surface area contributed by atoms with Gasteiger partial charge in [-0.2, -0.15) is 0 Å². The Hall–Kier alpha value is -4.61. The van der Waals surface area contributed by atoms with Crippen LogP contribution in [0.1, 0.15) is 51.2 Å². The molecule has 1 saturated carbocycles. The summed E-state index contributed by atoms with van der Waals surface area (Å²) in [5.41, 5.74) is 7.43. The van der Waals surface area contributed by atoms with Gasteiger partial charge in [0.25, 0.3) is 0 Å². The molecule has 1 aliphatic carbocycles. The third-order valence-electron chi connectivity index (χ3n) is 7.44. The van der Waals surface area contributed by atoms with Gasteiger partial charge in [-0.1, -0.05) is 12.5 Å². The highest BCUT2D eigenvalue weighted by Crippen LogP contribution is 2.45. The van der Waals surface area contributed by atoms with Crippen LogP contribution in [0.3, 0.4) is 0 Å². The molecule has 0 radical (unpaired) electrons. The second kappa shape index (κ2) is 11.1. The predicted molar refractivity (Wildman–Crippen MR) is 157 cm³/mol. The third-order valence-corrected chi connectivity index (χ3v) is 7.44. The van der Waals surface area contributed by atoms with E-state index in [1.54, 1.807) is 35.8 Å². The molecule has 5 rings (SSSR count). The standard InChI is InChI=1S/C29H35N9O3/c1-28(2,3)41-27(40)38-13-11-37(12-14-38)23-8-5-19(15-33-23)24(39)36-25(30)29(9-4-10-29)21-6-7-22(32-18-21)20-16-34-26(31)35-17-20/h5-8,15-18H,4,9-14H2,1-3H3,(H2,30,36,39)(H2,31,34,35)/p+1. The van der Waals surface area contributed by atoms with E-state index in [9.17, 15) is 4.79 Å². The molecular formula is C29H36N9O3+. The number of aliphatic imine (C=N–C) groups is 1. The van der Waals surface area contributed by atoms with Crippen molar-refractivity contribution in [2.45, 2.75) is 51.0 Å². The molecular weight excluding hydrogens is 522 g/mol. The number of aromatic nitrogens is 4. The zero-order valence-electron chi connectivity index (χ0n) is 23.6. The van der Waals surface area contributed by atoms with Crippen molar-refractivity contribution >= 4 is 29.6 Å². The van der Waals surface area contributed by atoms with Crippen molar-refractivity contribution in [1.82, 2.24) is 24.8 Å². The lowest BCUT2D eigenvalue weighted by Crippen LogP contribution is -2.50. The lowest BCUT2D eigenvalue weighted by molar-refractivity contribution is 0.0240. The van der Waals surface area contributed by atoms with E-state index in [1.807, 2.05) is 39.0 Å². The molecule has 0 unspecified atom stereocenters. The summed E-state index contributed by atoms with van der Waals surface area (Å²) in [4.78, 5) is 37.7. The van der Waals surface area contributed by atoms with Crippen molar-refractivity contribution in [1.29, 1.82) is 5.41 Å². The molecule has 2 aliphatic rings. The van der Waals surface area contributed by atoms with Crippen molar-refractivity contribution in [3.63, 3.8) is 0 Å². The summed E-state index contributed by atoms with van der Waals surface area (Å²) in [6, 6.07) is 7.51. The maximum absolute atomic E-state index is 12.3. The molecule has 12 nitrogen and oxygen atoms in total. The Morgan fingerprint density at radius 3 is 2.24 bits per heavy atom. The molecule has 0 aromatic carbocycles. The Kier molecular flexibility index (Phi) is 7.57. The first-order valence-corrected chi connectivity index (χ1v) is 13.7. The van der Waals surface area contributed by atoms with E-state index in [1.165, 1.54) is 0 Å². The third kappa shape index (κ3) is 6.11. The Balaban J connectivity index is 1.23. The number of amidine groups is 1. The maximum Gasteiger partial charge on any atom is 0.410 e. The summed E-state index contributed by atoms with van der Waals surface area (Å²) < 4.78 is 5.47. The predicted octanol–water partition coefficient (Wildman–Crippen LogP) is 3.14. The smallest absolute Gasteiger partial charge is 0.410 e. The van der Waals surface area contributed by atoms with E-state index in [0.29, 0.717) is 31.7 Å². The van der Waals surface area contributed by atoms with Crippen molar-refractivity contribution in [2.75, 3.05) is 36.8 Å². The Labute approximate surface area is 238 Å². The van der Waals surface area contributed by atoms with Crippen LogP contribution in [0.15, 0.2) is 54.0 Å². The molecule has 0 spiro atoms. The number of hydrogen-bond donors (Lipinski definition) is 2. The summed E-state index contributed by atoms with van der Waals surface area (Å²) in [6.45, 7) is 7.95. The van der Waals surface area contributed by atoms with Crippen LogP contribution in [-0.2, 0) is 10.2 Å². The van der Waals surface area contributed by atoms with Crippen LogP contribution in [0.5, 0.6) is 0 Å². The summed E-state index contributed by atoms with van der Waals surface area (Å²) in [6.07, 6.45) is 8.89. The highest BCUT2D eigenvalue weighted by molar-refractivity contribution is 6.04. The number of anilines is 2. The Morgan fingerprint density at radius 1 is 1.00 bits per heavy atom. The van der Waals surface area contributed by atoms with Crippen LogP contribution in [0.4, 0.5) is 16.6 Å². The molecule has 1 amide bonds. The molecule has 4 heterocycles. The number of piperazine rings is 1. The molecule has 2 fully saturated rings. The van der Waals surface area contributed by atoms with Crippen molar-refractivity contribution in [2.24, 2.45) is 4.99 Å². The number of nitrogen functional groups attached to an aromatic ring is 1. The zero-order valence-corrected chi connectivity index (χ0v) is 23.6. The molecule has 1 saturated heterocycles. The second-order valence-corrected chi connectivity index (χ2v) is 11.4. The van der Waals surface area contributed by atoms with E-state index in [-0.39, 0.29) is 23.8 Å². The van der Waals surface area contributed by atoms with Gasteiger partial charge in [-0.3, -0.25) is 10.4 Å². The van der Waals surface area contributed by atoms with Gasteiger partial charge in [0.1, 0.15) is 22.8 Å². The fraction of sp³-hybridized carbons (Fsp3) is 0.414. The number of ether oxygens (including phenoxy) is 1. The number of amides is 1. The normalized spacial score (nSPS) is 17.1. The minimum absolute atomic E-state index is 0.00123. The second-order valence-electron chi connectivity index (χ2n) is 11.4. The van der Waals surface area contributed by atoms with Gasteiger partial charge in [-0.25, -0.2) is 19.7 Å². The first kappa shape index (κ1) is 27.9. The largest absolute Gasteiger partial charge is 0.578 e. The minimum Gasteiger partial charge on any atom is -0.578 e. The maximum atomic E-state index is 12.3. The van der Waals surface area contributed by atoms with Crippen LogP contribution < -0.4 is 10.6 Å². The average molecular weight is 559 g/mol. The van der Waals surface area contributed by atoms with Gasteiger partial charge in [0.15, 0.2) is 0 Å². The number of carbonyl (C=O) groups is 1. The molecule has 1 aliphatic heterocycles. The topological polar surface area (TPSA) is 169 Å². The van der Waals surface area contributed by atoms with Crippen molar-refractivity contribution in [3.05, 3.63) is 60.2 Å². The quantitative estimate of drug-likeness (QED) is 0.273. The van der Waals surface area contributed by atoms with Gasteiger partial charge in [0.05, 0.1) is 11.1 Å². The highest BCUT2D eigenvalue weighted by atomic mass is 16.6. The van der Waals surface area contributed by atoms with Gasteiger partial charge >= 0.3 is 12.0 Å². The molecule has 0 bridgehead atoms. The van der Waals surface area contributed by atoms with E-state index >= 15 is 0 Å². The van der Waals surface area contributed by atoms with E-state index < -0.39 is 11.0 Å². The summed E-state index contributed by atoms with van der Waals surface area (Å²) >= 11 is 0. The number of rotatable bonds is 5. The number of nitrogens with zero attached hydrogens (tertiary/aromatic N) is 7. The van der Waals surface area contributed by atoms with Gasteiger partial charge in [0, 0.05) is 56.5 Å². The van der Waals surface area contributed by atoms with E-state index in [2.05, 4.69) is 29.8 Å². The lowest BCUT2D eigenvalue weighted by atomic mass is 9.64. The first-order valence-electron chi connectivity index (χ1n) is 13.7. The molecule has 3 aromatic heterocycles. The summed E-state index contributed by atoms with van der Waals surface area (Å²) in [5.74, 6) is 1.13. The molecule has 0 atom stereocenters. The summed E-state index contributed by atoms with van der Waals surface area (Å²) in [7, 11) is 0. The van der Waals surface area contributed by atoms with E-state index in [4.69, 9.17) is 21.0 Å². The van der Waals surface area contributed by atoms with Crippen LogP contribution in [0.2, 0.25) is 0 Å². The molecule has 3 aromatic rings. The fourth-order valence-corrected chi connectivity index (χ4v) is 4.95. The van der Waals surface area contributed by atoms with Gasteiger partial charge in [0.2, 0.25) is 5.95 Å². The summed E-state index contributed by atoms with van der Waals surface area (Å²) in [5, 5.41) is 17.4. The van der Waals surface area contributed by atoms with E-state index in [0.717, 1.165) is 41.9 Å². The molecule has 12 heteroatoms. The molecule has 41 heavy (non-hydrogen) atoms. The van der Waals surface area contributed by atoms with Crippen LogP contribution in [0, 0.1) is 5.41 Å². The Morgan fingerprint density at radius 2 is 1.71 bits per heavy atom. The number of nitrogens with two attached hydrogens (primary N) is 1. The highest BCUT2D eigenvalue weighted by Gasteiger charge is 2.44. The van der Waals surface area contributed by atoms with Crippen LogP contribution in [-0.4, -0.2) is 79.5 Å². The average Bonchev–Trinajstić information content (AvgIpc) is 2.92. The fourth-order valence-electron chi connectivity index (χ4n) is 4.95. The Bertz CT molecular complexity index is 1420. The number of hydrogen-bond acceptors (Lipinski definition) is 9. The number of carbonyl (C=O) groups excluding carboxylic acids is 1.